The molecule has 0 unspecified atom stereocenters. The quantitative estimate of drug-likeness (QED) is 0.0740. The number of benzene rings is 2. The minimum atomic E-state index is 0.148. The second-order valence-corrected chi connectivity index (χ2v) is 12.4. The Kier molecular flexibility index (Phi) is 19.4. The van der Waals surface area contributed by atoms with Gasteiger partial charge in [0.1, 0.15) is 11.5 Å². The Morgan fingerprint density at radius 1 is 0.500 bits per heavy atom. The molecule has 0 fully saturated rings. The van der Waals surface area contributed by atoms with E-state index in [1.807, 2.05) is 0 Å². The maximum absolute atomic E-state index is 10.7. The summed E-state index contributed by atoms with van der Waals surface area (Å²) in [5.74, 6) is 0.297. The highest BCUT2D eigenvalue weighted by atomic mass is 35.5. The number of phenols is 2. The van der Waals surface area contributed by atoms with Crippen molar-refractivity contribution in [3.63, 3.8) is 0 Å². The molecule has 0 aliphatic rings. The molecule has 0 amide bonds. The van der Waals surface area contributed by atoms with E-state index in [1.165, 1.54) is 89.9 Å². The van der Waals surface area contributed by atoms with Gasteiger partial charge in [-0.3, -0.25) is 0 Å². The summed E-state index contributed by atoms with van der Waals surface area (Å²) in [6, 6.07) is 10.1. The number of hydrogen-bond donors (Lipinski definition) is 2. The molecule has 4 nitrogen and oxygen atoms in total. The highest BCUT2D eigenvalue weighted by Gasteiger charge is 2.13. The maximum Gasteiger partial charge on any atom is 0.124 e. The summed E-state index contributed by atoms with van der Waals surface area (Å²) >= 11 is 12.6. The van der Waals surface area contributed by atoms with Gasteiger partial charge in [-0.1, -0.05) is 140 Å². The summed E-state index contributed by atoms with van der Waals surface area (Å²) in [5.41, 5.74) is 2.65. The van der Waals surface area contributed by atoms with Crippen molar-refractivity contribution in [2.45, 2.75) is 142 Å². The summed E-state index contributed by atoms with van der Waals surface area (Å²) in [4.78, 5) is 0. The molecule has 0 saturated heterocycles. The first kappa shape index (κ1) is 36.2. The van der Waals surface area contributed by atoms with E-state index < -0.39 is 0 Å². The minimum absolute atomic E-state index is 0.148. The number of unbranched alkanes of at least 4 members (excludes halogenated alkanes) is 16. The predicted octanol–water partition coefficient (Wildman–Crippen LogP) is 12.4. The van der Waals surface area contributed by atoms with Gasteiger partial charge in [-0.25, -0.2) is 0 Å². The molecule has 0 heterocycles. The van der Waals surface area contributed by atoms with Crippen molar-refractivity contribution in [2.75, 3.05) is 0 Å². The molecule has 234 valence electrons. The first-order valence-corrected chi connectivity index (χ1v) is 17.3. The van der Waals surface area contributed by atoms with Crippen molar-refractivity contribution in [2.24, 2.45) is 10.2 Å². The molecule has 0 aliphatic carbocycles. The van der Waals surface area contributed by atoms with E-state index >= 15 is 0 Å². The third kappa shape index (κ3) is 14.9. The van der Waals surface area contributed by atoms with Crippen LogP contribution in [0.1, 0.15) is 153 Å². The lowest BCUT2D eigenvalue weighted by atomic mass is 10.0. The van der Waals surface area contributed by atoms with Crippen molar-refractivity contribution in [3.8, 4) is 11.5 Å². The number of halogens is 2. The maximum atomic E-state index is 10.7. The van der Waals surface area contributed by atoms with Crippen molar-refractivity contribution in [1.29, 1.82) is 0 Å². The monoisotopic (exact) mass is 616 g/mol. The summed E-state index contributed by atoms with van der Waals surface area (Å²) in [6.45, 7) is 4.50. The van der Waals surface area contributed by atoms with Crippen LogP contribution in [0, 0.1) is 0 Å². The Labute approximate surface area is 265 Å². The SMILES string of the molecule is CCCCCCCCCCC/C(=N/N=C(/CCCCCCCCCCC)c1cc(Cl)ccc1O)c1cc(Cl)ccc1O. The van der Waals surface area contributed by atoms with Crippen LogP contribution in [0.25, 0.3) is 0 Å². The average Bonchev–Trinajstić information content (AvgIpc) is 2.98. The second-order valence-electron chi connectivity index (χ2n) is 11.6. The van der Waals surface area contributed by atoms with Gasteiger partial charge in [0.05, 0.1) is 11.4 Å². The van der Waals surface area contributed by atoms with Gasteiger partial charge < -0.3 is 10.2 Å². The summed E-state index contributed by atoms with van der Waals surface area (Å²) in [6.07, 6.45) is 23.6. The smallest absolute Gasteiger partial charge is 0.124 e. The fraction of sp³-hybridized carbons (Fsp3) is 0.611. The molecule has 0 atom stereocenters. The molecule has 42 heavy (non-hydrogen) atoms. The second kappa shape index (κ2) is 22.5. The van der Waals surface area contributed by atoms with Gasteiger partial charge in [0.25, 0.3) is 0 Å². The average molecular weight is 618 g/mol. The standard InChI is InChI=1S/C36H54Cl2N2O2/c1-3-5-7-9-11-13-15-17-19-21-33(31-27-29(37)23-25-35(31)41)39-40-34(32-28-30(38)24-26-36(32)42)22-20-18-16-14-12-10-8-6-4-2/h23-28,41-42H,3-22H2,1-2H3/b39-33-,40-34-. The number of phenolic OH excluding ortho intramolecular Hbond substituents is 2. The van der Waals surface area contributed by atoms with Gasteiger partial charge >= 0.3 is 0 Å². The van der Waals surface area contributed by atoms with E-state index in [0.29, 0.717) is 45.4 Å². The van der Waals surface area contributed by atoms with Crippen LogP contribution in [0.5, 0.6) is 11.5 Å². The predicted molar refractivity (Wildman–Crippen MR) is 183 cm³/mol. The van der Waals surface area contributed by atoms with E-state index in [1.54, 1.807) is 36.4 Å². The van der Waals surface area contributed by atoms with Gasteiger partial charge in [-0.2, -0.15) is 10.2 Å². The number of aromatic hydroxyl groups is 2. The normalized spacial score (nSPS) is 12.3. The van der Waals surface area contributed by atoms with Crippen LogP contribution in [0.3, 0.4) is 0 Å². The third-order valence-electron chi connectivity index (χ3n) is 7.86. The van der Waals surface area contributed by atoms with Crippen molar-refractivity contribution >= 4 is 34.6 Å². The Morgan fingerprint density at radius 2 is 0.810 bits per heavy atom. The van der Waals surface area contributed by atoms with E-state index in [2.05, 4.69) is 13.8 Å². The summed E-state index contributed by atoms with van der Waals surface area (Å²) in [7, 11) is 0. The van der Waals surface area contributed by atoms with E-state index in [0.717, 1.165) is 25.7 Å². The molecule has 0 saturated carbocycles. The van der Waals surface area contributed by atoms with E-state index in [4.69, 9.17) is 33.4 Å². The molecular formula is C36H54Cl2N2O2. The van der Waals surface area contributed by atoms with Crippen LogP contribution in [0.15, 0.2) is 46.6 Å². The van der Waals surface area contributed by atoms with Gasteiger partial charge in [-0.15, -0.1) is 0 Å². The number of hydrogen-bond acceptors (Lipinski definition) is 4. The largest absolute Gasteiger partial charge is 0.507 e. The molecule has 0 radical (unpaired) electrons. The van der Waals surface area contributed by atoms with Gasteiger partial charge in [0, 0.05) is 21.2 Å². The molecule has 0 spiro atoms. The molecule has 0 bridgehead atoms. The summed E-state index contributed by atoms with van der Waals surface area (Å²) in [5, 5.41) is 31.8. The highest BCUT2D eigenvalue weighted by Crippen LogP contribution is 2.27. The van der Waals surface area contributed by atoms with Gasteiger partial charge in [-0.05, 0) is 62.1 Å². The van der Waals surface area contributed by atoms with Crippen LogP contribution < -0.4 is 0 Å². The molecule has 2 aromatic rings. The Morgan fingerprint density at radius 3 is 1.14 bits per heavy atom. The highest BCUT2D eigenvalue weighted by molar-refractivity contribution is 6.31. The van der Waals surface area contributed by atoms with Crippen LogP contribution in [-0.2, 0) is 0 Å². The molecule has 2 rings (SSSR count). The van der Waals surface area contributed by atoms with Crippen molar-refractivity contribution in [1.82, 2.24) is 0 Å². The summed E-state index contributed by atoms with van der Waals surface area (Å²) < 4.78 is 0. The molecular weight excluding hydrogens is 563 g/mol. The Bertz CT molecular complexity index is 999. The fourth-order valence-electron chi connectivity index (χ4n) is 5.28. The topological polar surface area (TPSA) is 65.2 Å². The zero-order chi connectivity index (χ0) is 30.4. The van der Waals surface area contributed by atoms with Crippen molar-refractivity contribution in [3.05, 3.63) is 57.6 Å². The minimum Gasteiger partial charge on any atom is -0.507 e. The van der Waals surface area contributed by atoms with Gasteiger partial charge in [0.2, 0.25) is 0 Å². The zero-order valence-corrected chi connectivity index (χ0v) is 27.7. The van der Waals surface area contributed by atoms with E-state index in [-0.39, 0.29) is 11.5 Å². The molecule has 0 aromatic heterocycles. The molecule has 0 aliphatic heterocycles. The lowest BCUT2D eigenvalue weighted by Crippen LogP contribution is -2.05. The lowest BCUT2D eigenvalue weighted by molar-refractivity contribution is 0.473. The first-order chi connectivity index (χ1) is 20.5. The fourth-order valence-corrected chi connectivity index (χ4v) is 5.63. The first-order valence-electron chi connectivity index (χ1n) is 16.6. The van der Waals surface area contributed by atoms with Crippen molar-refractivity contribution < 1.29 is 10.2 Å². The van der Waals surface area contributed by atoms with Crippen LogP contribution >= 0.6 is 23.2 Å². The number of nitrogens with zero attached hydrogens (tertiary/aromatic N) is 2. The molecule has 2 N–H and O–H groups in total. The van der Waals surface area contributed by atoms with Crippen LogP contribution in [0.2, 0.25) is 10.0 Å². The van der Waals surface area contributed by atoms with E-state index in [9.17, 15) is 10.2 Å². The van der Waals surface area contributed by atoms with Crippen LogP contribution in [-0.4, -0.2) is 21.6 Å². The Balaban J connectivity index is 2.13. The molecule has 2 aromatic carbocycles. The van der Waals surface area contributed by atoms with Crippen LogP contribution in [0.4, 0.5) is 0 Å². The van der Waals surface area contributed by atoms with Gasteiger partial charge in [0.15, 0.2) is 0 Å². The molecule has 6 heteroatoms. The third-order valence-corrected chi connectivity index (χ3v) is 8.33. The zero-order valence-electron chi connectivity index (χ0n) is 26.2. The number of rotatable bonds is 23. The lowest BCUT2D eigenvalue weighted by Gasteiger charge is -2.11. The Hall–Kier alpha value is -2.04.